The van der Waals surface area contributed by atoms with Crippen molar-refractivity contribution in [1.82, 2.24) is 14.9 Å². The predicted octanol–water partition coefficient (Wildman–Crippen LogP) is 3.84. The van der Waals surface area contributed by atoms with Crippen molar-refractivity contribution < 1.29 is 13.2 Å². The summed E-state index contributed by atoms with van der Waals surface area (Å²) in [4.78, 5) is 2.68. The number of benzene rings is 3. The number of rotatable bonds is 10. The van der Waals surface area contributed by atoms with E-state index in [2.05, 4.69) is 33.1 Å². The van der Waals surface area contributed by atoms with Crippen LogP contribution in [-0.2, 0) is 22.9 Å². The summed E-state index contributed by atoms with van der Waals surface area (Å²) in [6.45, 7) is 5.29. The Hall–Kier alpha value is -2.45. The molecular weight excluding hydrogens is 470 g/mol. The van der Waals surface area contributed by atoms with E-state index in [1.165, 1.54) is 24.0 Å². The number of ether oxygens (including phenoxy) is 1. The Morgan fingerprint density at radius 3 is 2.64 bits per heavy atom. The molecule has 7 heteroatoms. The SMILES string of the molecule is COc1ccc2c(c1)CC(CNCC1CN(CCNS(=O)(=O)c3cccc4ccccc34)C1)CCC2. The van der Waals surface area contributed by atoms with E-state index in [0.717, 1.165) is 62.1 Å². The summed E-state index contributed by atoms with van der Waals surface area (Å²) in [5, 5.41) is 5.41. The zero-order chi connectivity index (χ0) is 25.0. The molecule has 0 amide bonds. The van der Waals surface area contributed by atoms with Gasteiger partial charge in [-0.1, -0.05) is 42.5 Å². The highest BCUT2D eigenvalue weighted by Gasteiger charge is 2.27. The maximum absolute atomic E-state index is 12.9. The van der Waals surface area contributed by atoms with Crippen LogP contribution in [0.25, 0.3) is 10.8 Å². The zero-order valence-corrected chi connectivity index (χ0v) is 21.9. The van der Waals surface area contributed by atoms with Gasteiger partial charge in [-0.15, -0.1) is 0 Å². The molecule has 3 aromatic rings. The minimum Gasteiger partial charge on any atom is -0.497 e. The van der Waals surface area contributed by atoms with Crippen LogP contribution in [0.1, 0.15) is 24.0 Å². The first-order valence-corrected chi connectivity index (χ1v) is 14.6. The molecule has 36 heavy (non-hydrogen) atoms. The van der Waals surface area contributed by atoms with Crippen molar-refractivity contribution in [3.05, 3.63) is 71.8 Å². The van der Waals surface area contributed by atoms with Crippen molar-refractivity contribution in [3.63, 3.8) is 0 Å². The van der Waals surface area contributed by atoms with Gasteiger partial charge in [-0.3, -0.25) is 0 Å². The van der Waals surface area contributed by atoms with E-state index in [-0.39, 0.29) is 0 Å². The second kappa shape index (κ2) is 11.3. The summed E-state index contributed by atoms with van der Waals surface area (Å²) < 4.78 is 34.0. The normalized spacial score (nSPS) is 19.0. The number of nitrogens with one attached hydrogen (secondary N) is 2. The number of fused-ring (bicyclic) bond motifs is 2. The van der Waals surface area contributed by atoms with Gasteiger partial charge in [0.2, 0.25) is 10.0 Å². The third-order valence-electron chi connectivity index (χ3n) is 7.64. The first-order chi connectivity index (χ1) is 17.5. The summed E-state index contributed by atoms with van der Waals surface area (Å²) >= 11 is 0. The lowest BCUT2D eigenvalue weighted by Gasteiger charge is -2.39. The molecular formula is C29H37N3O3S. The number of nitrogens with zero attached hydrogens (tertiary/aromatic N) is 1. The van der Waals surface area contributed by atoms with E-state index in [1.54, 1.807) is 19.2 Å². The maximum atomic E-state index is 12.9. The number of sulfonamides is 1. The van der Waals surface area contributed by atoms with Crippen LogP contribution in [0, 0.1) is 11.8 Å². The van der Waals surface area contributed by atoms with Gasteiger partial charge in [-0.25, -0.2) is 13.1 Å². The fourth-order valence-corrected chi connectivity index (χ4v) is 6.91. The second-order valence-corrected chi connectivity index (χ2v) is 12.0. The van der Waals surface area contributed by atoms with Gasteiger partial charge < -0.3 is 15.0 Å². The Bertz CT molecular complexity index is 1280. The summed E-state index contributed by atoms with van der Waals surface area (Å²) in [7, 11) is -1.80. The molecule has 2 aliphatic rings. The molecule has 1 aliphatic heterocycles. The standard InChI is InChI=1S/C29H37N3O3S/c1-35-27-13-12-24-8-4-6-22(16-26(24)17-27)18-30-19-23-20-32(21-23)15-14-31-36(33,34)29-11-5-9-25-7-2-3-10-28(25)29/h2-3,5,7,9-13,17,22-23,30-31H,4,6,8,14-16,18-21H2,1H3. The van der Waals surface area contributed by atoms with Crippen LogP contribution in [0.3, 0.4) is 0 Å². The Labute approximate surface area is 215 Å². The molecule has 2 N–H and O–H groups in total. The first kappa shape index (κ1) is 25.2. The molecule has 0 bridgehead atoms. The minimum absolute atomic E-state index is 0.353. The van der Waals surface area contributed by atoms with Crippen LogP contribution in [0.4, 0.5) is 0 Å². The fourth-order valence-electron chi connectivity index (χ4n) is 5.66. The van der Waals surface area contributed by atoms with Crippen molar-refractivity contribution in [3.8, 4) is 5.75 Å². The average molecular weight is 508 g/mol. The predicted molar refractivity (Wildman–Crippen MR) is 145 cm³/mol. The smallest absolute Gasteiger partial charge is 0.241 e. The molecule has 0 radical (unpaired) electrons. The van der Waals surface area contributed by atoms with Crippen LogP contribution in [0.15, 0.2) is 65.6 Å². The Morgan fingerprint density at radius 1 is 0.972 bits per heavy atom. The lowest BCUT2D eigenvalue weighted by atomic mass is 9.95. The third kappa shape index (κ3) is 5.92. The molecule has 0 spiro atoms. The topological polar surface area (TPSA) is 70.7 Å². The monoisotopic (exact) mass is 507 g/mol. The van der Waals surface area contributed by atoms with Crippen molar-refractivity contribution in [2.45, 2.75) is 30.6 Å². The summed E-state index contributed by atoms with van der Waals surface area (Å²) in [6.07, 6.45) is 4.79. The van der Waals surface area contributed by atoms with Crippen LogP contribution >= 0.6 is 0 Å². The third-order valence-corrected chi connectivity index (χ3v) is 9.16. The lowest BCUT2D eigenvalue weighted by Crippen LogP contribution is -2.52. The minimum atomic E-state index is -3.53. The van der Waals surface area contributed by atoms with Gasteiger partial charge in [0.25, 0.3) is 0 Å². The van der Waals surface area contributed by atoms with E-state index in [9.17, 15) is 8.42 Å². The van der Waals surface area contributed by atoms with Crippen LogP contribution in [-0.4, -0.2) is 59.7 Å². The summed E-state index contributed by atoms with van der Waals surface area (Å²) in [5.41, 5.74) is 2.92. The molecule has 1 saturated heterocycles. The Morgan fingerprint density at radius 2 is 1.78 bits per heavy atom. The number of hydrogen-bond donors (Lipinski definition) is 2. The Balaban J connectivity index is 1.02. The molecule has 0 aromatic heterocycles. The molecule has 1 heterocycles. The van der Waals surface area contributed by atoms with E-state index in [0.29, 0.717) is 23.3 Å². The Kier molecular flexibility index (Phi) is 7.91. The lowest BCUT2D eigenvalue weighted by molar-refractivity contribution is 0.102. The molecule has 1 unspecified atom stereocenters. The average Bonchev–Trinajstić information content (AvgIpc) is 3.07. The molecule has 6 nitrogen and oxygen atoms in total. The fraction of sp³-hybridized carbons (Fsp3) is 0.448. The highest BCUT2D eigenvalue weighted by atomic mass is 32.2. The van der Waals surface area contributed by atoms with Crippen LogP contribution in [0.2, 0.25) is 0 Å². The van der Waals surface area contributed by atoms with Crippen molar-refractivity contribution in [2.24, 2.45) is 11.8 Å². The van der Waals surface area contributed by atoms with E-state index in [4.69, 9.17) is 4.74 Å². The highest BCUT2D eigenvalue weighted by molar-refractivity contribution is 7.89. The molecule has 1 atom stereocenters. The van der Waals surface area contributed by atoms with Gasteiger partial charge in [-0.05, 0) is 78.8 Å². The van der Waals surface area contributed by atoms with Gasteiger partial charge in [0.15, 0.2) is 0 Å². The van der Waals surface area contributed by atoms with Crippen LogP contribution in [0.5, 0.6) is 5.75 Å². The largest absolute Gasteiger partial charge is 0.497 e. The second-order valence-electron chi connectivity index (χ2n) is 10.3. The summed E-state index contributed by atoms with van der Waals surface area (Å²) in [6, 6.07) is 19.5. The molecule has 1 aliphatic carbocycles. The molecule has 5 rings (SSSR count). The maximum Gasteiger partial charge on any atom is 0.241 e. The zero-order valence-electron chi connectivity index (χ0n) is 21.1. The number of hydrogen-bond acceptors (Lipinski definition) is 5. The van der Waals surface area contributed by atoms with E-state index < -0.39 is 10.0 Å². The van der Waals surface area contributed by atoms with Crippen LogP contribution < -0.4 is 14.8 Å². The van der Waals surface area contributed by atoms with E-state index in [1.807, 2.05) is 30.3 Å². The van der Waals surface area contributed by atoms with Gasteiger partial charge in [-0.2, -0.15) is 0 Å². The number of likely N-dealkylation sites (tertiary alicyclic amines) is 1. The van der Waals surface area contributed by atoms with Gasteiger partial charge >= 0.3 is 0 Å². The van der Waals surface area contributed by atoms with Gasteiger partial charge in [0.1, 0.15) is 5.75 Å². The number of aryl methyl sites for hydroxylation is 1. The number of methoxy groups -OCH3 is 1. The van der Waals surface area contributed by atoms with Crippen molar-refractivity contribution >= 4 is 20.8 Å². The molecule has 192 valence electrons. The molecule has 1 fully saturated rings. The quantitative estimate of drug-likeness (QED) is 0.408. The molecule has 0 saturated carbocycles. The first-order valence-electron chi connectivity index (χ1n) is 13.1. The summed E-state index contributed by atoms with van der Waals surface area (Å²) in [5.74, 6) is 2.26. The van der Waals surface area contributed by atoms with E-state index >= 15 is 0 Å². The van der Waals surface area contributed by atoms with Crippen molar-refractivity contribution in [1.29, 1.82) is 0 Å². The molecule has 3 aromatic carbocycles. The van der Waals surface area contributed by atoms with Crippen molar-refractivity contribution in [2.75, 3.05) is 46.4 Å². The van der Waals surface area contributed by atoms with Gasteiger partial charge in [0.05, 0.1) is 12.0 Å². The van der Waals surface area contributed by atoms with Gasteiger partial charge in [0, 0.05) is 38.1 Å². The highest BCUT2D eigenvalue weighted by Crippen LogP contribution is 2.28.